The lowest BCUT2D eigenvalue weighted by Gasteiger charge is -2.21. The van der Waals surface area contributed by atoms with Crippen LogP contribution in [0.2, 0.25) is 0 Å². The maximum Gasteiger partial charge on any atom is 0.180 e. The molecule has 0 amide bonds. The number of aliphatic imine (C=N–C) groups is 1. The van der Waals surface area contributed by atoms with Gasteiger partial charge in [0.2, 0.25) is 0 Å². The van der Waals surface area contributed by atoms with Crippen molar-refractivity contribution >= 4 is 5.90 Å². The van der Waals surface area contributed by atoms with E-state index in [2.05, 4.69) is 29.3 Å². The maximum atomic E-state index is 9.62. The van der Waals surface area contributed by atoms with Gasteiger partial charge in [-0.25, -0.2) is 4.99 Å². The van der Waals surface area contributed by atoms with Gasteiger partial charge in [0.05, 0.1) is 13.2 Å². The van der Waals surface area contributed by atoms with Crippen LogP contribution in [0, 0.1) is 0 Å². The Kier molecular flexibility index (Phi) is 7.32. The van der Waals surface area contributed by atoms with Crippen LogP contribution >= 0.6 is 0 Å². The van der Waals surface area contributed by atoms with Gasteiger partial charge in [-0.2, -0.15) is 0 Å². The number of aryl methyl sites for hydroxylation is 1. The Balaban J connectivity index is 1.74. The highest BCUT2D eigenvalue weighted by Crippen LogP contribution is 2.25. The van der Waals surface area contributed by atoms with Crippen molar-refractivity contribution in [2.24, 2.45) is 4.99 Å². The second-order valence-electron chi connectivity index (χ2n) is 6.36. The van der Waals surface area contributed by atoms with Gasteiger partial charge in [0.15, 0.2) is 5.90 Å². The summed E-state index contributed by atoms with van der Waals surface area (Å²) in [4.78, 5) is 4.46. The minimum atomic E-state index is -0.466. The van der Waals surface area contributed by atoms with Gasteiger partial charge in [0, 0.05) is 6.92 Å². The third kappa shape index (κ3) is 5.68. The van der Waals surface area contributed by atoms with E-state index in [4.69, 9.17) is 9.47 Å². The molecule has 1 aliphatic heterocycles. The molecule has 0 fully saturated rings. The second kappa shape index (κ2) is 9.48. The summed E-state index contributed by atoms with van der Waals surface area (Å²) in [6.07, 6.45) is 9.28. The summed E-state index contributed by atoms with van der Waals surface area (Å²) in [5.41, 5.74) is 0.759. The molecule has 1 aromatic carbocycles. The third-order valence-electron chi connectivity index (χ3n) is 4.31. The van der Waals surface area contributed by atoms with Crippen molar-refractivity contribution < 1.29 is 14.6 Å². The Morgan fingerprint density at radius 3 is 2.71 bits per heavy atom. The lowest BCUT2D eigenvalue weighted by Crippen LogP contribution is -2.33. The lowest BCUT2D eigenvalue weighted by atomic mass is 9.94. The van der Waals surface area contributed by atoms with E-state index in [0.29, 0.717) is 12.5 Å². The summed E-state index contributed by atoms with van der Waals surface area (Å²) in [6, 6.07) is 8.22. The molecule has 0 spiro atoms. The normalized spacial score (nSPS) is 20.2. The van der Waals surface area contributed by atoms with Gasteiger partial charge >= 0.3 is 0 Å². The minimum Gasteiger partial charge on any atom is -0.494 e. The number of aliphatic hydroxyl groups is 1. The Bertz CT molecular complexity index is 551. The van der Waals surface area contributed by atoms with Crippen LogP contribution in [0.15, 0.2) is 41.4 Å². The molecule has 0 saturated carbocycles. The fourth-order valence-electron chi connectivity index (χ4n) is 2.78. The summed E-state index contributed by atoms with van der Waals surface area (Å²) < 4.78 is 11.2. The predicted octanol–water partition coefficient (Wildman–Crippen LogP) is 3.92. The van der Waals surface area contributed by atoms with Crippen LogP contribution in [-0.2, 0) is 11.2 Å². The predicted molar refractivity (Wildman–Crippen MR) is 97.8 cm³/mol. The largest absolute Gasteiger partial charge is 0.494 e. The third-order valence-corrected chi connectivity index (χ3v) is 4.31. The fourth-order valence-corrected chi connectivity index (χ4v) is 2.78. The summed E-state index contributed by atoms with van der Waals surface area (Å²) in [6.45, 7) is 5.15. The molecule has 1 aliphatic rings. The van der Waals surface area contributed by atoms with E-state index in [1.165, 1.54) is 5.56 Å². The Labute approximate surface area is 145 Å². The highest BCUT2D eigenvalue weighted by molar-refractivity contribution is 5.75. The summed E-state index contributed by atoms with van der Waals surface area (Å²) in [5, 5.41) is 9.62. The van der Waals surface area contributed by atoms with Crippen molar-refractivity contribution in [1.82, 2.24) is 0 Å². The smallest absolute Gasteiger partial charge is 0.180 e. The zero-order valence-corrected chi connectivity index (χ0v) is 14.8. The number of nitrogens with zero attached hydrogens (tertiary/aromatic N) is 1. The first-order valence-electron chi connectivity index (χ1n) is 8.80. The van der Waals surface area contributed by atoms with Crippen LogP contribution in [0.5, 0.6) is 5.75 Å². The molecule has 24 heavy (non-hydrogen) atoms. The number of aliphatic hydroxyl groups excluding tert-OH is 1. The van der Waals surface area contributed by atoms with Crippen molar-refractivity contribution in [3.63, 3.8) is 0 Å². The molecule has 0 aromatic heterocycles. The molecule has 0 aliphatic carbocycles. The fraction of sp³-hybridized carbons (Fsp3) is 0.550. The molecule has 1 atom stereocenters. The van der Waals surface area contributed by atoms with Crippen LogP contribution in [0.1, 0.15) is 45.1 Å². The molecule has 1 aromatic rings. The number of allylic oxidation sites excluding steroid dienone is 2. The number of ether oxygens (including phenoxy) is 2. The number of hydrogen-bond donors (Lipinski definition) is 1. The number of rotatable bonds is 10. The van der Waals surface area contributed by atoms with Crippen LogP contribution in [-0.4, -0.2) is 36.4 Å². The van der Waals surface area contributed by atoms with Crippen LogP contribution < -0.4 is 4.74 Å². The molecule has 4 nitrogen and oxygen atoms in total. The molecule has 4 heteroatoms. The first-order valence-corrected chi connectivity index (χ1v) is 8.80. The van der Waals surface area contributed by atoms with E-state index in [1.807, 2.05) is 26.0 Å². The van der Waals surface area contributed by atoms with Crippen LogP contribution in [0.25, 0.3) is 0 Å². The first-order chi connectivity index (χ1) is 11.7. The van der Waals surface area contributed by atoms with Gasteiger partial charge in [-0.15, -0.1) is 0 Å². The van der Waals surface area contributed by atoms with Gasteiger partial charge in [-0.3, -0.25) is 0 Å². The van der Waals surface area contributed by atoms with E-state index >= 15 is 0 Å². The zero-order valence-electron chi connectivity index (χ0n) is 14.8. The van der Waals surface area contributed by atoms with Crippen molar-refractivity contribution in [3.05, 3.63) is 42.0 Å². The van der Waals surface area contributed by atoms with E-state index in [0.717, 1.165) is 44.5 Å². The van der Waals surface area contributed by atoms with Gasteiger partial charge in [0.1, 0.15) is 17.9 Å². The average molecular weight is 331 g/mol. The highest BCUT2D eigenvalue weighted by atomic mass is 16.5. The van der Waals surface area contributed by atoms with Gasteiger partial charge in [-0.05, 0) is 56.7 Å². The molecular weight excluding hydrogens is 302 g/mol. The average Bonchev–Trinajstić information content (AvgIpc) is 2.99. The maximum absolute atomic E-state index is 9.62. The number of unbranched alkanes of at least 4 members (excludes halogenated alkanes) is 2. The molecular formula is C20H29NO3. The van der Waals surface area contributed by atoms with E-state index < -0.39 is 5.54 Å². The minimum absolute atomic E-state index is 0.0265. The summed E-state index contributed by atoms with van der Waals surface area (Å²) in [7, 11) is 0. The van der Waals surface area contributed by atoms with Crippen molar-refractivity contribution in [2.75, 3.05) is 19.8 Å². The lowest BCUT2D eigenvalue weighted by molar-refractivity contribution is 0.150. The quantitative estimate of drug-likeness (QED) is 0.522. The number of benzene rings is 1. The number of hydrogen-bond acceptors (Lipinski definition) is 4. The van der Waals surface area contributed by atoms with E-state index in [-0.39, 0.29) is 6.61 Å². The highest BCUT2D eigenvalue weighted by Gasteiger charge is 2.34. The monoisotopic (exact) mass is 331 g/mol. The Morgan fingerprint density at radius 2 is 2.08 bits per heavy atom. The van der Waals surface area contributed by atoms with E-state index in [9.17, 15) is 5.11 Å². The van der Waals surface area contributed by atoms with Crippen LogP contribution in [0.4, 0.5) is 0 Å². The van der Waals surface area contributed by atoms with E-state index in [1.54, 1.807) is 0 Å². The summed E-state index contributed by atoms with van der Waals surface area (Å²) in [5.74, 6) is 1.59. The molecule has 132 valence electrons. The second-order valence-corrected chi connectivity index (χ2v) is 6.36. The van der Waals surface area contributed by atoms with Gasteiger partial charge < -0.3 is 14.6 Å². The zero-order chi connectivity index (χ0) is 17.3. The molecule has 1 N–H and O–H groups in total. The van der Waals surface area contributed by atoms with Crippen LogP contribution in [0.3, 0.4) is 0 Å². The Hall–Kier alpha value is -1.81. The topological polar surface area (TPSA) is 51.0 Å². The SMILES string of the molecule is C/C=C/CCCCOc1ccc(CCC2(CO)COC(C)=N2)cc1. The first kappa shape index (κ1) is 18.5. The molecule has 0 saturated heterocycles. The van der Waals surface area contributed by atoms with Gasteiger partial charge in [-0.1, -0.05) is 24.3 Å². The van der Waals surface area contributed by atoms with Crippen molar-refractivity contribution in [3.8, 4) is 5.75 Å². The van der Waals surface area contributed by atoms with Crippen molar-refractivity contribution in [2.45, 2.75) is 51.5 Å². The van der Waals surface area contributed by atoms with Crippen molar-refractivity contribution in [1.29, 1.82) is 0 Å². The molecule has 1 heterocycles. The molecule has 1 unspecified atom stereocenters. The standard InChI is InChI=1S/C20H29NO3/c1-3-4-5-6-7-14-23-19-10-8-18(9-11-19)12-13-20(15-22)16-24-17(2)21-20/h3-4,8-11,22H,5-7,12-16H2,1-2H3/b4-3+. The summed E-state index contributed by atoms with van der Waals surface area (Å²) >= 11 is 0. The van der Waals surface area contributed by atoms with Gasteiger partial charge in [0.25, 0.3) is 0 Å². The Morgan fingerprint density at radius 1 is 1.29 bits per heavy atom. The molecule has 2 rings (SSSR count). The molecule has 0 bridgehead atoms. The molecule has 0 radical (unpaired) electrons.